The third kappa shape index (κ3) is 3.49. The molecule has 1 aliphatic rings. The second-order valence-corrected chi connectivity index (χ2v) is 5.14. The molecule has 0 bridgehead atoms. The van der Waals surface area contributed by atoms with Crippen LogP contribution in [0.2, 0.25) is 0 Å². The molecule has 0 aliphatic carbocycles. The molecule has 1 N–H and O–H groups in total. The average Bonchev–Trinajstić information content (AvgIpc) is 2.37. The summed E-state index contributed by atoms with van der Waals surface area (Å²) in [7, 11) is 0. The van der Waals surface area contributed by atoms with Gasteiger partial charge in [0, 0.05) is 19.1 Å². The second-order valence-electron chi connectivity index (χ2n) is 5.14. The lowest BCUT2D eigenvalue weighted by Gasteiger charge is -2.37. The minimum absolute atomic E-state index is 0.119. The van der Waals surface area contributed by atoms with E-state index in [0.29, 0.717) is 18.7 Å². The first-order chi connectivity index (χ1) is 8.97. The number of rotatable bonds is 3. The Hall–Kier alpha value is -1.04. The Kier molecular flexibility index (Phi) is 4.50. The monoisotopic (exact) mass is 271 g/mol. The molecule has 0 spiro atoms. The number of nitrogens with zero attached hydrogens (tertiary/aromatic N) is 1. The molecule has 2 rings (SSSR count). The Bertz CT molecular complexity index is 441. The predicted octanol–water partition coefficient (Wildman–Crippen LogP) is 2.11. The topological polar surface area (TPSA) is 32.7 Å². The fraction of sp³-hybridized carbons (Fsp3) is 0.571. The fourth-order valence-electron chi connectivity index (χ4n) is 2.27. The van der Waals surface area contributed by atoms with E-state index < -0.39 is 17.7 Å². The Morgan fingerprint density at radius 2 is 2.11 bits per heavy atom. The van der Waals surface area contributed by atoms with Crippen molar-refractivity contribution in [2.24, 2.45) is 0 Å². The molecule has 1 aromatic carbocycles. The maximum Gasteiger partial charge on any atom is 0.159 e. The summed E-state index contributed by atoms with van der Waals surface area (Å²) in [6.07, 6.45) is -0.712. The van der Waals surface area contributed by atoms with E-state index >= 15 is 0 Å². The number of hydrogen-bond donors (Lipinski definition) is 1. The molecule has 3 unspecified atom stereocenters. The summed E-state index contributed by atoms with van der Waals surface area (Å²) < 4.78 is 31.5. The van der Waals surface area contributed by atoms with E-state index in [4.69, 9.17) is 4.74 Å². The number of aliphatic hydroxyl groups is 1. The molecule has 19 heavy (non-hydrogen) atoms. The largest absolute Gasteiger partial charge is 0.387 e. The van der Waals surface area contributed by atoms with Gasteiger partial charge in [-0.1, -0.05) is 6.07 Å². The summed E-state index contributed by atoms with van der Waals surface area (Å²) in [4.78, 5) is 2.10. The molecule has 1 aromatic rings. The standard InChI is InChI=1S/C14H19F2NO2/c1-9-8-19-10(2)6-17(9)7-14(18)11-3-4-12(15)13(16)5-11/h3-5,9-10,14,18H,6-8H2,1-2H3. The molecular weight excluding hydrogens is 252 g/mol. The summed E-state index contributed by atoms with van der Waals surface area (Å²) in [6.45, 7) is 5.72. The Morgan fingerprint density at radius 1 is 1.37 bits per heavy atom. The number of halogens is 2. The zero-order chi connectivity index (χ0) is 14.0. The number of β-amino-alcohol motifs (C(OH)–C–C–N with tert-alkyl or cyclic N) is 1. The van der Waals surface area contributed by atoms with Crippen LogP contribution in [0.3, 0.4) is 0 Å². The van der Waals surface area contributed by atoms with Gasteiger partial charge in [0.1, 0.15) is 0 Å². The van der Waals surface area contributed by atoms with Crippen molar-refractivity contribution >= 4 is 0 Å². The molecule has 3 atom stereocenters. The summed E-state index contributed by atoms with van der Waals surface area (Å²) >= 11 is 0. The van der Waals surface area contributed by atoms with Crippen LogP contribution in [-0.4, -0.2) is 41.8 Å². The van der Waals surface area contributed by atoms with E-state index in [9.17, 15) is 13.9 Å². The summed E-state index contributed by atoms with van der Waals surface area (Å²) in [6, 6.07) is 3.71. The van der Waals surface area contributed by atoms with E-state index in [2.05, 4.69) is 4.90 Å². The van der Waals surface area contributed by atoms with Crippen LogP contribution in [0.4, 0.5) is 8.78 Å². The highest BCUT2D eigenvalue weighted by Crippen LogP contribution is 2.20. The van der Waals surface area contributed by atoms with Crippen LogP contribution >= 0.6 is 0 Å². The van der Waals surface area contributed by atoms with Crippen LogP contribution in [0.15, 0.2) is 18.2 Å². The molecule has 5 heteroatoms. The predicted molar refractivity (Wildman–Crippen MR) is 67.8 cm³/mol. The van der Waals surface area contributed by atoms with E-state index in [0.717, 1.165) is 18.7 Å². The highest BCUT2D eigenvalue weighted by molar-refractivity contribution is 5.20. The van der Waals surface area contributed by atoms with Gasteiger partial charge in [0.2, 0.25) is 0 Å². The number of aliphatic hydroxyl groups excluding tert-OH is 1. The molecule has 0 amide bonds. The van der Waals surface area contributed by atoms with Crippen molar-refractivity contribution in [1.29, 1.82) is 0 Å². The van der Waals surface area contributed by atoms with Gasteiger partial charge in [0.05, 0.1) is 18.8 Å². The van der Waals surface area contributed by atoms with Crippen LogP contribution in [-0.2, 0) is 4.74 Å². The van der Waals surface area contributed by atoms with Crippen molar-refractivity contribution in [3.8, 4) is 0 Å². The van der Waals surface area contributed by atoms with Crippen molar-refractivity contribution in [2.45, 2.75) is 32.1 Å². The normalized spacial score (nSPS) is 26.4. The Labute approximate surface area is 111 Å². The van der Waals surface area contributed by atoms with Crippen molar-refractivity contribution in [2.75, 3.05) is 19.7 Å². The van der Waals surface area contributed by atoms with Crippen LogP contribution < -0.4 is 0 Å². The first kappa shape index (κ1) is 14.4. The van der Waals surface area contributed by atoms with Gasteiger partial charge in [-0.3, -0.25) is 4.90 Å². The molecule has 1 aliphatic heterocycles. The van der Waals surface area contributed by atoms with Gasteiger partial charge in [0.15, 0.2) is 11.6 Å². The van der Waals surface area contributed by atoms with Crippen molar-refractivity contribution in [3.05, 3.63) is 35.4 Å². The van der Waals surface area contributed by atoms with Crippen LogP contribution in [0, 0.1) is 11.6 Å². The van der Waals surface area contributed by atoms with Gasteiger partial charge in [-0.15, -0.1) is 0 Å². The highest BCUT2D eigenvalue weighted by atomic mass is 19.2. The van der Waals surface area contributed by atoms with E-state index in [1.165, 1.54) is 6.07 Å². The molecule has 1 heterocycles. The third-order valence-corrected chi connectivity index (χ3v) is 3.47. The third-order valence-electron chi connectivity index (χ3n) is 3.47. The van der Waals surface area contributed by atoms with Gasteiger partial charge in [-0.2, -0.15) is 0 Å². The molecule has 1 fully saturated rings. The first-order valence-electron chi connectivity index (χ1n) is 6.46. The molecule has 106 valence electrons. The maximum atomic E-state index is 13.1. The summed E-state index contributed by atoms with van der Waals surface area (Å²) in [5.74, 6) is -1.83. The maximum absolute atomic E-state index is 13.1. The lowest BCUT2D eigenvalue weighted by atomic mass is 10.1. The van der Waals surface area contributed by atoms with Gasteiger partial charge in [0.25, 0.3) is 0 Å². The van der Waals surface area contributed by atoms with Gasteiger partial charge < -0.3 is 9.84 Å². The minimum Gasteiger partial charge on any atom is -0.387 e. The van der Waals surface area contributed by atoms with E-state index in [-0.39, 0.29) is 12.1 Å². The zero-order valence-corrected chi connectivity index (χ0v) is 11.1. The molecule has 0 aromatic heterocycles. The smallest absolute Gasteiger partial charge is 0.159 e. The number of morpholine rings is 1. The van der Waals surface area contributed by atoms with E-state index in [1.54, 1.807) is 0 Å². The van der Waals surface area contributed by atoms with Crippen molar-refractivity contribution < 1.29 is 18.6 Å². The fourth-order valence-corrected chi connectivity index (χ4v) is 2.27. The number of ether oxygens (including phenoxy) is 1. The summed E-state index contributed by atoms with van der Waals surface area (Å²) in [5, 5.41) is 10.1. The van der Waals surface area contributed by atoms with E-state index in [1.807, 2.05) is 13.8 Å². The van der Waals surface area contributed by atoms with Gasteiger partial charge in [-0.05, 0) is 31.5 Å². The molecule has 0 saturated carbocycles. The Balaban J connectivity index is 2.03. The highest BCUT2D eigenvalue weighted by Gasteiger charge is 2.25. The first-order valence-corrected chi connectivity index (χ1v) is 6.46. The molecular formula is C14H19F2NO2. The SMILES string of the molecule is CC1CN(CC(O)c2ccc(F)c(F)c2)C(C)CO1. The molecule has 0 radical (unpaired) electrons. The van der Waals surface area contributed by atoms with Gasteiger partial charge >= 0.3 is 0 Å². The lowest BCUT2D eigenvalue weighted by molar-refractivity contribution is -0.0620. The second kappa shape index (κ2) is 5.94. The molecule has 1 saturated heterocycles. The van der Waals surface area contributed by atoms with Crippen LogP contribution in [0.25, 0.3) is 0 Å². The Morgan fingerprint density at radius 3 is 2.79 bits per heavy atom. The number of benzene rings is 1. The number of hydrogen-bond acceptors (Lipinski definition) is 3. The van der Waals surface area contributed by atoms with Crippen molar-refractivity contribution in [3.63, 3.8) is 0 Å². The quantitative estimate of drug-likeness (QED) is 0.914. The summed E-state index contributed by atoms with van der Waals surface area (Å²) in [5.41, 5.74) is 0.394. The van der Waals surface area contributed by atoms with Gasteiger partial charge in [-0.25, -0.2) is 8.78 Å². The van der Waals surface area contributed by atoms with Crippen molar-refractivity contribution in [1.82, 2.24) is 4.90 Å². The zero-order valence-electron chi connectivity index (χ0n) is 11.1. The lowest BCUT2D eigenvalue weighted by Crippen LogP contribution is -2.48. The van der Waals surface area contributed by atoms with Crippen LogP contribution in [0.1, 0.15) is 25.5 Å². The van der Waals surface area contributed by atoms with Crippen LogP contribution in [0.5, 0.6) is 0 Å². The molecule has 3 nitrogen and oxygen atoms in total. The average molecular weight is 271 g/mol. The minimum atomic E-state index is -0.931.